The van der Waals surface area contributed by atoms with Crippen LogP contribution < -0.4 is 5.43 Å². The van der Waals surface area contributed by atoms with E-state index in [1.807, 2.05) is 0 Å². The Morgan fingerprint density at radius 2 is 2.18 bits per heavy atom. The van der Waals surface area contributed by atoms with Gasteiger partial charge in [-0.3, -0.25) is 5.43 Å². The van der Waals surface area contributed by atoms with Crippen LogP contribution in [-0.4, -0.2) is 17.7 Å². The van der Waals surface area contributed by atoms with E-state index >= 15 is 0 Å². The lowest BCUT2D eigenvalue weighted by Crippen LogP contribution is -2.13. The molecule has 0 radical (unpaired) electrons. The molecule has 0 saturated carbocycles. The van der Waals surface area contributed by atoms with Gasteiger partial charge in [-0.2, -0.15) is 5.10 Å². The molecule has 0 aliphatic carbocycles. The third-order valence-electron chi connectivity index (χ3n) is 1.65. The van der Waals surface area contributed by atoms with Gasteiger partial charge in [0.1, 0.15) is 0 Å². The molecule has 1 aromatic rings. The summed E-state index contributed by atoms with van der Waals surface area (Å²) >= 11 is 17.2. The first-order valence-electron chi connectivity index (χ1n) is 4.66. The van der Waals surface area contributed by atoms with Gasteiger partial charge in [0.2, 0.25) is 5.17 Å². The van der Waals surface area contributed by atoms with E-state index in [9.17, 15) is 4.79 Å². The molecule has 0 bridgehead atoms. The summed E-state index contributed by atoms with van der Waals surface area (Å²) in [6, 6.07) is 4.79. The SMILES string of the molecule is CCOC(=O)/C(Cl)=N\Nc1cc(Cl)ccc1Cl. The molecular formula is C10H9Cl3N2O2. The van der Waals surface area contributed by atoms with Crippen molar-refractivity contribution < 1.29 is 9.53 Å². The fraction of sp³-hybridized carbons (Fsp3) is 0.200. The number of rotatable bonds is 4. The van der Waals surface area contributed by atoms with Crippen molar-refractivity contribution in [2.45, 2.75) is 6.92 Å². The number of benzene rings is 1. The molecule has 7 heteroatoms. The fourth-order valence-electron chi connectivity index (χ4n) is 0.929. The van der Waals surface area contributed by atoms with Gasteiger partial charge in [-0.05, 0) is 25.1 Å². The maximum atomic E-state index is 11.1. The van der Waals surface area contributed by atoms with Crippen molar-refractivity contribution in [3.63, 3.8) is 0 Å². The lowest BCUT2D eigenvalue weighted by molar-refractivity contribution is -0.134. The molecule has 0 fully saturated rings. The average molecular weight is 296 g/mol. The lowest BCUT2D eigenvalue weighted by atomic mass is 10.3. The Labute approximate surface area is 113 Å². The Hall–Kier alpha value is -0.970. The molecule has 0 heterocycles. The minimum absolute atomic E-state index is 0.225. The smallest absolute Gasteiger partial charge is 0.370 e. The zero-order chi connectivity index (χ0) is 12.8. The van der Waals surface area contributed by atoms with Crippen LogP contribution in [0.1, 0.15) is 6.92 Å². The molecule has 0 aliphatic rings. The van der Waals surface area contributed by atoms with E-state index in [4.69, 9.17) is 34.8 Å². The Morgan fingerprint density at radius 3 is 2.82 bits per heavy atom. The van der Waals surface area contributed by atoms with Crippen LogP contribution in [0.3, 0.4) is 0 Å². The van der Waals surface area contributed by atoms with E-state index in [-0.39, 0.29) is 11.8 Å². The van der Waals surface area contributed by atoms with Gasteiger partial charge in [-0.25, -0.2) is 4.79 Å². The third-order valence-corrected chi connectivity index (χ3v) is 2.45. The van der Waals surface area contributed by atoms with Gasteiger partial charge in [0.05, 0.1) is 17.3 Å². The van der Waals surface area contributed by atoms with Gasteiger partial charge >= 0.3 is 5.97 Å². The lowest BCUT2D eigenvalue weighted by Gasteiger charge is -2.04. The second-order valence-electron chi connectivity index (χ2n) is 2.86. The van der Waals surface area contributed by atoms with Crippen LogP contribution in [0.4, 0.5) is 5.69 Å². The van der Waals surface area contributed by atoms with Crippen LogP contribution in [0.5, 0.6) is 0 Å². The molecule has 0 amide bonds. The van der Waals surface area contributed by atoms with Gasteiger partial charge in [-0.1, -0.05) is 34.8 Å². The molecule has 17 heavy (non-hydrogen) atoms. The van der Waals surface area contributed by atoms with E-state index in [0.29, 0.717) is 15.7 Å². The number of anilines is 1. The zero-order valence-corrected chi connectivity index (χ0v) is 11.1. The van der Waals surface area contributed by atoms with Crippen molar-refractivity contribution >= 4 is 51.6 Å². The largest absolute Gasteiger partial charge is 0.461 e. The predicted molar refractivity (Wildman–Crippen MR) is 70.0 cm³/mol. The summed E-state index contributed by atoms with van der Waals surface area (Å²) in [4.78, 5) is 11.1. The van der Waals surface area contributed by atoms with E-state index in [1.165, 1.54) is 0 Å². The predicted octanol–water partition coefficient (Wildman–Crippen LogP) is 3.52. The number of nitrogens with zero attached hydrogens (tertiary/aromatic N) is 1. The van der Waals surface area contributed by atoms with Crippen molar-refractivity contribution in [2.75, 3.05) is 12.0 Å². The normalized spacial score (nSPS) is 11.2. The molecule has 1 aromatic carbocycles. The van der Waals surface area contributed by atoms with Crippen molar-refractivity contribution in [1.82, 2.24) is 0 Å². The van der Waals surface area contributed by atoms with E-state index in [2.05, 4.69) is 15.3 Å². The standard InChI is InChI=1S/C10H9Cl3N2O2/c1-2-17-10(16)9(13)15-14-8-5-6(11)3-4-7(8)12/h3-5,14H,2H2,1H3/b15-9+. The summed E-state index contributed by atoms with van der Waals surface area (Å²) in [6.07, 6.45) is 0. The molecule has 92 valence electrons. The van der Waals surface area contributed by atoms with Crippen LogP contribution in [0.25, 0.3) is 0 Å². The van der Waals surface area contributed by atoms with Gasteiger partial charge in [0.25, 0.3) is 0 Å². The number of ether oxygens (including phenoxy) is 1. The number of hydrogen-bond acceptors (Lipinski definition) is 4. The maximum absolute atomic E-state index is 11.1. The molecule has 0 aliphatic heterocycles. The van der Waals surface area contributed by atoms with Crippen LogP contribution >= 0.6 is 34.8 Å². The van der Waals surface area contributed by atoms with Crippen molar-refractivity contribution in [3.8, 4) is 0 Å². The van der Waals surface area contributed by atoms with Crippen molar-refractivity contribution in [2.24, 2.45) is 5.10 Å². The number of halogens is 3. The highest BCUT2D eigenvalue weighted by Gasteiger charge is 2.09. The van der Waals surface area contributed by atoms with Gasteiger partial charge < -0.3 is 4.74 Å². The Kier molecular flexibility index (Phi) is 5.55. The monoisotopic (exact) mass is 294 g/mol. The number of nitrogens with one attached hydrogen (secondary N) is 1. The van der Waals surface area contributed by atoms with Crippen LogP contribution in [-0.2, 0) is 9.53 Å². The molecule has 1 N–H and O–H groups in total. The molecule has 0 spiro atoms. The first-order valence-corrected chi connectivity index (χ1v) is 5.79. The molecule has 0 saturated heterocycles. The summed E-state index contributed by atoms with van der Waals surface area (Å²) in [7, 11) is 0. The second-order valence-corrected chi connectivity index (χ2v) is 4.06. The maximum Gasteiger partial charge on any atom is 0.370 e. The second kappa shape index (κ2) is 6.69. The van der Waals surface area contributed by atoms with Gasteiger partial charge in [-0.15, -0.1) is 0 Å². The first kappa shape index (κ1) is 14.1. The quantitative estimate of drug-likeness (QED) is 0.525. The summed E-state index contributed by atoms with van der Waals surface area (Å²) in [5.74, 6) is -0.709. The molecule has 1 rings (SSSR count). The van der Waals surface area contributed by atoms with Crippen LogP contribution in [0.2, 0.25) is 10.0 Å². The van der Waals surface area contributed by atoms with E-state index in [1.54, 1.807) is 25.1 Å². The Balaban J connectivity index is 2.75. The topological polar surface area (TPSA) is 50.7 Å². The Morgan fingerprint density at radius 1 is 1.47 bits per heavy atom. The van der Waals surface area contributed by atoms with Crippen LogP contribution in [0, 0.1) is 0 Å². The molecule has 0 unspecified atom stereocenters. The Bertz CT molecular complexity index is 449. The third kappa shape index (κ3) is 4.42. The van der Waals surface area contributed by atoms with E-state index < -0.39 is 5.97 Å². The van der Waals surface area contributed by atoms with Gasteiger partial charge in [0.15, 0.2) is 0 Å². The number of carbonyl (C=O) groups is 1. The summed E-state index contributed by atoms with van der Waals surface area (Å²) in [5.41, 5.74) is 2.98. The first-order chi connectivity index (χ1) is 8.04. The van der Waals surface area contributed by atoms with Crippen molar-refractivity contribution in [1.29, 1.82) is 0 Å². The highest BCUT2D eigenvalue weighted by Crippen LogP contribution is 2.25. The summed E-state index contributed by atoms with van der Waals surface area (Å²) in [6.45, 7) is 1.89. The number of carbonyl (C=O) groups excluding carboxylic acids is 1. The molecular weight excluding hydrogens is 286 g/mol. The highest BCUT2D eigenvalue weighted by atomic mass is 35.5. The average Bonchev–Trinajstić information content (AvgIpc) is 2.30. The highest BCUT2D eigenvalue weighted by molar-refractivity contribution is 6.82. The summed E-state index contributed by atoms with van der Waals surface area (Å²) in [5, 5.41) is 4.21. The van der Waals surface area contributed by atoms with E-state index in [0.717, 1.165) is 0 Å². The minimum atomic E-state index is -0.709. The van der Waals surface area contributed by atoms with Gasteiger partial charge in [0, 0.05) is 5.02 Å². The van der Waals surface area contributed by atoms with Crippen LogP contribution in [0.15, 0.2) is 23.3 Å². The summed E-state index contributed by atoms with van der Waals surface area (Å²) < 4.78 is 4.65. The number of esters is 1. The number of hydrazone groups is 1. The van der Waals surface area contributed by atoms with Crippen molar-refractivity contribution in [3.05, 3.63) is 28.2 Å². The molecule has 4 nitrogen and oxygen atoms in total. The molecule has 0 atom stereocenters. The zero-order valence-electron chi connectivity index (χ0n) is 8.84. The fourth-order valence-corrected chi connectivity index (χ4v) is 1.36. The minimum Gasteiger partial charge on any atom is -0.461 e. The molecule has 0 aromatic heterocycles. The number of hydrogen-bond donors (Lipinski definition) is 1.